The zero-order valence-corrected chi connectivity index (χ0v) is 15.0. The van der Waals surface area contributed by atoms with Crippen LogP contribution >= 0.6 is 26.1 Å². The zero-order chi connectivity index (χ0) is 15.0. The maximum Gasteiger partial charge on any atom is 0.0430 e. The molecule has 0 heterocycles. The van der Waals surface area contributed by atoms with Gasteiger partial charge >= 0.3 is 0 Å². The SMILES string of the molecule is CC1=Cc2cccc(S(C)(C)Nc3ccc(Br)cc3)c2C1. The Morgan fingerprint density at radius 3 is 2.48 bits per heavy atom. The first-order chi connectivity index (χ1) is 9.95. The van der Waals surface area contributed by atoms with Crippen molar-refractivity contribution in [3.05, 3.63) is 63.6 Å². The molecule has 0 bridgehead atoms. The topological polar surface area (TPSA) is 12.0 Å². The molecule has 1 aliphatic carbocycles. The Morgan fingerprint density at radius 2 is 1.76 bits per heavy atom. The molecule has 21 heavy (non-hydrogen) atoms. The fourth-order valence-corrected chi connectivity index (χ4v) is 5.17. The normalized spacial score (nSPS) is 14.6. The third-order valence-electron chi connectivity index (χ3n) is 3.79. The molecule has 0 saturated carbocycles. The summed E-state index contributed by atoms with van der Waals surface area (Å²) in [6, 6.07) is 15.1. The molecule has 0 aromatic heterocycles. The van der Waals surface area contributed by atoms with Crippen LogP contribution in [0.1, 0.15) is 18.1 Å². The molecule has 1 nitrogen and oxygen atoms in total. The van der Waals surface area contributed by atoms with Gasteiger partial charge in [-0.3, -0.25) is 0 Å². The smallest absolute Gasteiger partial charge is 0.0430 e. The van der Waals surface area contributed by atoms with Crippen LogP contribution in [0.4, 0.5) is 5.69 Å². The van der Waals surface area contributed by atoms with E-state index < -0.39 is 10.2 Å². The largest absolute Gasteiger partial charge is 0.344 e. The highest BCUT2D eigenvalue weighted by atomic mass is 79.9. The van der Waals surface area contributed by atoms with Crippen molar-refractivity contribution in [1.82, 2.24) is 0 Å². The van der Waals surface area contributed by atoms with Crippen LogP contribution in [0, 0.1) is 0 Å². The van der Waals surface area contributed by atoms with Gasteiger partial charge in [0, 0.05) is 15.1 Å². The molecule has 0 amide bonds. The zero-order valence-electron chi connectivity index (χ0n) is 12.6. The van der Waals surface area contributed by atoms with Crippen molar-refractivity contribution in [1.29, 1.82) is 0 Å². The number of hydrogen-bond donors (Lipinski definition) is 1. The number of nitrogens with one attached hydrogen (secondary N) is 1. The average molecular weight is 362 g/mol. The first kappa shape index (κ1) is 14.7. The van der Waals surface area contributed by atoms with Crippen molar-refractivity contribution in [3.63, 3.8) is 0 Å². The second kappa shape index (κ2) is 5.54. The highest BCUT2D eigenvalue weighted by Crippen LogP contribution is 2.52. The monoisotopic (exact) mass is 361 g/mol. The summed E-state index contributed by atoms with van der Waals surface area (Å²) in [6.07, 6.45) is 8.06. The van der Waals surface area contributed by atoms with Gasteiger partial charge in [0.15, 0.2) is 0 Å². The van der Waals surface area contributed by atoms with Gasteiger partial charge in [0.2, 0.25) is 0 Å². The van der Waals surface area contributed by atoms with Gasteiger partial charge in [-0.1, -0.05) is 39.7 Å². The van der Waals surface area contributed by atoms with Gasteiger partial charge in [-0.05, 0) is 67.3 Å². The lowest BCUT2D eigenvalue weighted by Crippen LogP contribution is -2.10. The van der Waals surface area contributed by atoms with Crippen molar-refractivity contribution >= 4 is 37.9 Å². The summed E-state index contributed by atoms with van der Waals surface area (Å²) < 4.78 is 4.86. The van der Waals surface area contributed by atoms with E-state index in [-0.39, 0.29) is 0 Å². The fourth-order valence-electron chi connectivity index (χ4n) is 2.85. The molecule has 0 radical (unpaired) electrons. The van der Waals surface area contributed by atoms with Crippen molar-refractivity contribution in [2.24, 2.45) is 0 Å². The summed E-state index contributed by atoms with van der Waals surface area (Å²) in [6.45, 7) is 2.22. The van der Waals surface area contributed by atoms with E-state index in [4.69, 9.17) is 0 Å². The first-order valence-electron chi connectivity index (χ1n) is 7.01. The second-order valence-corrected chi connectivity index (χ2v) is 10.1. The molecular formula is C18H20BrNS. The molecule has 0 unspecified atom stereocenters. The Hall–Kier alpha value is -1.19. The van der Waals surface area contributed by atoms with Gasteiger partial charge < -0.3 is 4.72 Å². The van der Waals surface area contributed by atoms with E-state index in [1.807, 2.05) is 0 Å². The standard InChI is InChI=1S/C18H20BrNS/c1-13-11-14-5-4-6-18(17(14)12-13)21(2,3)20-16-9-7-15(19)8-10-16/h4-11,20H,12H2,1-3H3. The number of rotatable bonds is 3. The van der Waals surface area contributed by atoms with Gasteiger partial charge in [0.1, 0.15) is 0 Å². The van der Waals surface area contributed by atoms with E-state index in [9.17, 15) is 0 Å². The van der Waals surface area contributed by atoms with E-state index >= 15 is 0 Å². The minimum atomic E-state index is -1.07. The van der Waals surface area contributed by atoms with Crippen molar-refractivity contribution in [2.45, 2.75) is 18.2 Å². The van der Waals surface area contributed by atoms with E-state index in [0.29, 0.717) is 0 Å². The van der Waals surface area contributed by atoms with E-state index in [1.54, 1.807) is 0 Å². The molecule has 2 aromatic carbocycles. The maximum atomic E-state index is 3.75. The van der Waals surface area contributed by atoms with Gasteiger partial charge in [-0.25, -0.2) is 0 Å². The molecule has 1 aliphatic rings. The van der Waals surface area contributed by atoms with E-state index in [2.05, 4.69) is 88.6 Å². The lowest BCUT2D eigenvalue weighted by Gasteiger charge is -2.36. The molecule has 3 heteroatoms. The number of halogens is 1. The Morgan fingerprint density at radius 1 is 1.05 bits per heavy atom. The molecule has 3 rings (SSSR count). The minimum absolute atomic E-state index is 1.07. The Labute approximate surface area is 137 Å². The summed E-state index contributed by atoms with van der Waals surface area (Å²) in [5, 5.41) is 0. The highest BCUT2D eigenvalue weighted by Gasteiger charge is 2.22. The Kier molecular flexibility index (Phi) is 3.89. The van der Waals surface area contributed by atoms with Crippen LogP contribution in [-0.2, 0) is 6.42 Å². The van der Waals surface area contributed by atoms with Crippen LogP contribution < -0.4 is 4.72 Å². The number of hydrogen-bond acceptors (Lipinski definition) is 1. The van der Waals surface area contributed by atoms with Crippen molar-refractivity contribution in [3.8, 4) is 0 Å². The second-order valence-electron chi connectivity index (χ2n) is 5.93. The van der Waals surface area contributed by atoms with Crippen LogP contribution in [0.15, 0.2) is 57.4 Å². The van der Waals surface area contributed by atoms with Crippen molar-refractivity contribution < 1.29 is 0 Å². The Balaban J connectivity index is 1.93. The number of fused-ring (bicyclic) bond motifs is 1. The van der Waals surface area contributed by atoms with Crippen molar-refractivity contribution in [2.75, 3.05) is 17.2 Å². The minimum Gasteiger partial charge on any atom is -0.344 e. The van der Waals surface area contributed by atoms with E-state index in [1.165, 1.54) is 27.3 Å². The third-order valence-corrected chi connectivity index (χ3v) is 6.55. The lowest BCUT2D eigenvalue weighted by atomic mass is 10.1. The average Bonchev–Trinajstić information content (AvgIpc) is 2.80. The van der Waals surface area contributed by atoms with Gasteiger partial charge in [0.25, 0.3) is 0 Å². The van der Waals surface area contributed by atoms with Gasteiger partial charge in [-0.15, -0.1) is 10.2 Å². The molecule has 0 fully saturated rings. The molecule has 0 saturated heterocycles. The fraction of sp³-hybridized carbons (Fsp3) is 0.222. The predicted octanol–water partition coefficient (Wildman–Crippen LogP) is 5.86. The van der Waals surface area contributed by atoms with E-state index in [0.717, 1.165) is 10.9 Å². The molecule has 1 N–H and O–H groups in total. The maximum absolute atomic E-state index is 3.75. The number of allylic oxidation sites excluding steroid dienone is 1. The van der Waals surface area contributed by atoms with Crippen LogP contribution in [0.2, 0.25) is 0 Å². The summed E-state index contributed by atoms with van der Waals surface area (Å²) in [5.74, 6) is 0. The van der Waals surface area contributed by atoms with Crippen LogP contribution in [0.5, 0.6) is 0 Å². The molecule has 110 valence electrons. The van der Waals surface area contributed by atoms with Gasteiger partial charge in [0.05, 0.1) is 0 Å². The van der Waals surface area contributed by atoms with Crippen LogP contribution in [0.3, 0.4) is 0 Å². The quantitative estimate of drug-likeness (QED) is 0.721. The summed E-state index contributed by atoms with van der Waals surface area (Å²) in [4.78, 5) is 1.47. The van der Waals surface area contributed by atoms with Crippen LogP contribution in [-0.4, -0.2) is 12.5 Å². The summed E-state index contributed by atoms with van der Waals surface area (Å²) >= 11 is 3.49. The predicted molar refractivity (Wildman–Crippen MR) is 99.3 cm³/mol. The molecular weight excluding hydrogens is 342 g/mol. The number of anilines is 1. The summed E-state index contributed by atoms with van der Waals surface area (Å²) in [7, 11) is -1.07. The third kappa shape index (κ3) is 3.04. The van der Waals surface area contributed by atoms with Crippen LogP contribution in [0.25, 0.3) is 6.08 Å². The molecule has 2 aromatic rings. The lowest BCUT2D eigenvalue weighted by molar-refractivity contribution is 1.13. The molecule has 0 aliphatic heterocycles. The molecule has 0 spiro atoms. The summed E-state index contributed by atoms with van der Waals surface area (Å²) in [5.41, 5.74) is 5.53. The highest BCUT2D eigenvalue weighted by molar-refractivity contribution is 9.10. The van der Waals surface area contributed by atoms with Gasteiger partial charge in [-0.2, -0.15) is 0 Å². The molecule has 0 atom stereocenters. The first-order valence-corrected chi connectivity index (χ1v) is 10.3. The Bertz CT molecular complexity index is 702. The number of benzene rings is 2.